The van der Waals surface area contributed by atoms with Crippen LogP contribution in [0.15, 0.2) is 0 Å². The van der Waals surface area contributed by atoms with Crippen molar-refractivity contribution in [2.75, 3.05) is 0 Å². The lowest BCUT2D eigenvalue weighted by Crippen LogP contribution is -2.21. The van der Waals surface area contributed by atoms with Crippen LogP contribution in [-0.4, -0.2) is 17.6 Å². The van der Waals surface area contributed by atoms with E-state index in [1.807, 2.05) is 13.8 Å². The van der Waals surface area contributed by atoms with E-state index in [4.69, 9.17) is 10.5 Å². The van der Waals surface area contributed by atoms with Crippen molar-refractivity contribution in [1.82, 2.24) is 0 Å². The van der Waals surface area contributed by atoms with Crippen molar-refractivity contribution in [3.05, 3.63) is 0 Å². The van der Waals surface area contributed by atoms with Gasteiger partial charge in [-0.1, -0.05) is 13.8 Å². The smallest absolute Gasteiger partial charge is 0.265 e. The van der Waals surface area contributed by atoms with Crippen LogP contribution < -0.4 is 0 Å². The molecule has 0 aromatic rings. The molecule has 0 saturated carbocycles. The Bertz CT molecular complexity index is 63.6. The third-order valence-corrected chi connectivity index (χ3v) is 0.899. The van der Waals surface area contributed by atoms with Gasteiger partial charge in [0.15, 0.2) is 0 Å². The third-order valence-electron chi connectivity index (χ3n) is 0.899. The Morgan fingerprint density at radius 2 is 1.78 bits per heavy atom. The molecule has 2 N–H and O–H groups in total. The summed E-state index contributed by atoms with van der Waals surface area (Å²) in [6.07, 6.45) is 0.465. The van der Waals surface area contributed by atoms with Gasteiger partial charge in [0.2, 0.25) is 0 Å². The Morgan fingerprint density at radius 1 is 1.33 bits per heavy atom. The Morgan fingerprint density at radius 3 is 1.89 bits per heavy atom. The first-order valence-corrected chi connectivity index (χ1v) is 2.81. The molecule has 0 aliphatic carbocycles. The van der Waals surface area contributed by atoms with Gasteiger partial charge in [0.05, 0.1) is 0 Å². The van der Waals surface area contributed by atoms with E-state index in [1.165, 1.54) is 0 Å². The number of rotatable bonds is 4. The van der Waals surface area contributed by atoms with Crippen molar-refractivity contribution >= 4 is 7.12 Å². The van der Waals surface area contributed by atoms with E-state index in [9.17, 15) is 0 Å². The predicted octanol–water partition coefficient (Wildman–Crippen LogP) is 1.11. The minimum atomic E-state index is -0.912. The summed E-state index contributed by atoms with van der Waals surface area (Å²) in [5.41, 5.74) is 0. The van der Waals surface area contributed by atoms with Gasteiger partial charge in [-0.25, -0.2) is 0 Å². The molecule has 5 heteroatoms. The minimum absolute atomic E-state index is 0.314. The van der Waals surface area contributed by atoms with E-state index >= 15 is 0 Å². The van der Waals surface area contributed by atoms with Crippen LogP contribution in [0.25, 0.3) is 0 Å². The summed E-state index contributed by atoms with van der Waals surface area (Å²) in [6, 6.07) is 0. The van der Waals surface area contributed by atoms with Crippen LogP contribution in [-0.2, 0) is 9.61 Å². The van der Waals surface area contributed by atoms with Crippen LogP contribution in [0.3, 0.4) is 0 Å². The van der Waals surface area contributed by atoms with E-state index < -0.39 is 7.12 Å². The lowest BCUT2D eigenvalue weighted by Gasteiger charge is -2.05. The quantitative estimate of drug-likeness (QED) is 0.343. The molecule has 0 unspecified atom stereocenters. The average Bonchev–Trinajstić information content (AvgIpc) is 1.82. The Labute approximate surface area is 54.4 Å². The van der Waals surface area contributed by atoms with Crippen LogP contribution in [0.5, 0.6) is 0 Å². The van der Waals surface area contributed by atoms with E-state index in [-0.39, 0.29) is 0 Å². The van der Waals surface area contributed by atoms with Crippen molar-refractivity contribution in [3.63, 3.8) is 0 Å². The molecule has 0 rings (SSSR count). The molecule has 54 valence electrons. The third kappa shape index (κ3) is 4.41. The fourth-order valence-corrected chi connectivity index (χ4v) is 0.490. The summed E-state index contributed by atoms with van der Waals surface area (Å²) < 4.78 is 0. The first-order chi connectivity index (χ1) is 4.20. The van der Waals surface area contributed by atoms with Crippen LogP contribution in [0, 0.1) is 5.92 Å². The highest BCUT2D eigenvalue weighted by molar-refractivity contribution is 6.43. The van der Waals surface area contributed by atoms with Crippen molar-refractivity contribution in [2.24, 2.45) is 5.92 Å². The van der Waals surface area contributed by atoms with Crippen molar-refractivity contribution in [2.45, 2.75) is 20.2 Å². The molecule has 0 aliphatic rings. The van der Waals surface area contributed by atoms with E-state index in [0.29, 0.717) is 12.2 Å². The van der Waals surface area contributed by atoms with Gasteiger partial charge in [-0.3, -0.25) is 20.1 Å². The molecule has 0 aromatic carbocycles. The van der Waals surface area contributed by atoms with Crippen molar-refractivity contribution in [1.29, 1.82) is 0 Å². The van der Waals surface area contributed by atoms with Gasteiger partial charge in [0.1, 0.15) is 0 Å². The molecular formula is C4H11BO4. The van der Waals surface area contributed by atoms with E-state index in [0.717, 1.165) is 0 Å². The summed E-state index contributed by atoms with van der Waals surface area (Å²) in [4.78, 5) is 7.48. The van der Waals surface area contributed by atoms with Gasteiger partial charge >= 0.3 is 7.12 Å². The Balaban J connectivity index is 3.31. The standard InChI is InChI=1S/C4H11BO4/c1-4(2)3-5(8-6)9-7/h4,6-7H,3H2,1-2H3. The molecule has 0 atom stereocenters. The minimum Gasteiger partial charge on any atom is -0.265 e. The summed E-state index contributed by atoms with van der Waals surface area (Å²) in [5, 5.41) is 16.0. The molecule has 0 amide bonds. The second kappa shape index (κ2) is 4.75. The van der Waals surface area contributed by atoms with Crippen LogP contribution in [0.4, 0.5) is 0 Å². The molecule has 9 heavy (non-hydrogen) atoms. The maximum Gasteiger partial charge on any atom is 0.520 e. The molecule has 0 spiro atoms. The zero-order valence-corrected chi connectivity index (χ0v) is 5.57. The Hall–Kier alpha value is -0.0951. The Kier molecular flexibility index (Phi) is 4.70. The molecule has 0 saturated heterocycles. The zero-order chi connectivity index (χ0) is 7.28. The molecule has 0 heterocycles. The van der Waals surface area contributed by atoms with Gasteiger partial charge in [-0.05, 0) is 12.2 Å². The molecule has 0 aliphatic heterocycles. The molecule has 0 fully saturated rings. The molecule has 0 radical (unpaired) electrons. The van der Waals surface area contributed by atoms with Gasteiger partial charge in [0, 0.05) is 0 Å². The first-order valence-electron chi connectivity index (χ1n) is 2.81. The molecule has 0 aromatic heterocycles. The van der Waals surface area contributed by atoms with Crippen LogP contribution in [0.1, 0.15) is 13.8 Å². The second-order valence-electron chi connectivity index (χ2n) is 2.27. The largest absolute Gasteiger partial charge is 0.520 e. The first kappa shape index (κ1) is 8.90. The maximum atomic E-state index is 7.99. The fraction of sp³-hybridized carbons (Fsp3) is 1.00. The van der Waals surface area contributed by atoms with Crippen molar-refractivity contribution < 1.29 is 20.1 Å². The van der Waals surface area contributed by atoms with Crippen LogP contribution >= 0.6 is 0 Å². The highest BCUT2D eigenvalue weighted by Crippen LogP contribution is 2.05. The zero-order valence-electron chi connectivity index (χ0n) is 5.57. The van der Waals surface area contributed by atoms with Gasteiger partial charge in [-0.2, -0.15) is 0 Å². The normalized spacial score (nSPS) is 10.3. The van der Waals surface area contributed by atoms with Gasteiger partial charge in [0.25, 0.3) is 0 Å². The molecule has 4 nitrogen and oxygen atoms in total. The number of hydrogen-bond donors (Lipinski definition) is 2. The lowest BCUT2D eigenvalue weighted by atomic mass is 9.79. The molecule has 0 bridgehead atoms. The topological polar surface area (TPSA) is 58.9 Å². The lowest BCUT2D eigenvalue weighted by molar-refractivity contribution is -0.226. The SMILES string of the molecule is CC(C)CB(OO)OO. The van der Waals surface area contributed by atoms with E-state index in [1.54, 1.807) is 0 Å². The van der Waals surface area contributed by atoms with Gasteiger partial charge < -0.3 is 0 Å². The second-order valence-corrected chi connectivity index (χ2v) is 2.27. The van der Waals surface area contributed by atoms with E-state index in [2.05, 4.69) is 9.61 Å². The maximum absolute atomic E-state index is 7.99. The van der Waals surface area contributed by atoms with Crippen LogP contribution in [0.2, 0.25) is 6.32 Å². The summed E-state index contributed by atoms with van der Waals surface area (Å²) in [7, 11) is -0.912. The van der Waals surface area contributed by atoms with Crippen molar-refractivity contribution in [3.8, 4) is 0 Å². The highest BCUT2D eigenvalue weighted by atomic mass is 17.2. The average molecular weight is 134 g/mol. The number of hydrogen-bond acceptors (Lipinski definition) is 4. The summed E-state index contributed by atoms with van der Waals surface area (Å²) in [5.74, 6) is 0.314. The highest BCUT2D eigenvalue weighted by Gasteiger charge is 2.19. The predicted molar refractivity (Wildman–Crippen MR) is 32.8 cm³/mol. The summed E-state index contributed by atoms with van der Waals surface area (Å²) >= 11 is 0. The monoisotopic (exact) mass is 134 g/mol. The summed E-state index contributed by atoms with van der Waals surface area (Å²) in [6.45, 7) is 3.84. The van der Waals surface area contributed by atoms with Gasteiger partial charge in [-0.15, -0.1) is 0 Å². The molecular weight excluding hydrogens is 123 g/mol. The fourth-order valence-electron chi connectivity index (χ4n) is 0.490.